The maximum Gasteiger partial charge on any atom is 0.0620 e. The van der Waals surface area contributed by atoms with E-state index in [0.717, 1.165) is 26.2 Å². The highest BCUT2D eigenvalue weighted by molar-refractivity contribution is 5.85. The van der Waals surface area contributed by atoms with Crippen molar-refractivity contribution in [3.8, 4) is 0 Å². The average molecular weight is 259 g/mol. The highest BCUT2D eigenvalue weighted by Gasteiger charge is 2.21. The zero-order chi connectivity index (χ0) is 13.2. The summed E-state index contributed by atoms with van der Waals surface area (Å²) in [4.78, 5) is 3.41. The van der Waals surface area contributed by atoms with Gasteiger partial charge in [-0.05, 0) is 25.0 Å². The minimum Gasteiger partial charge on any atom is -0.379 e. The number of para-hydroxylation sites is 1. The Morgan fingerprint density at radius 2 is 2.26 bits per heavy atom. The van der Waals surface area contributed by atoms with E-state index in [9.17, 15) is 0 Å². The van der Waals surface area contributed by atoms with Gasteiger partial charge in [-0.3, -0.25) is 0 Å². The lowest BCUT2D eigenvalue weighted by Gasteiger charge is -2.26. The minimum absolute atomic E-state index is 0.0374. The molecule has 1 aliphatic rings. The molecule has 19 heavy (non-hydrogen) atoms. The molecule has 1 aromatic heterocycles. The summed E-state index contributed by atoms with van der Waals surface area (Å²) in [5, 5.41) is 4.70. The fourth-order valence-electron chi connectivity index (χ4n) is 2.97. The second-order valence-corrected chi connectivity index (χ2v) is 5.28. The Balaban J connectivity index is 1.84. The molecular formula is C15H21N3O. The molecule has 2 aromatic rings. The van der Waals surface area contributed by atoms with Gasteiger partial charge >= 0.3 is 0 Å². The molecule has 4 heteroatoms. The quantitative estimate of drug-likeness (QED) is 0.788. The van der Waals surface area contributed by atoms with Crippen LogP contribution in [0.1, 0.15) is 23.7 Å². The number of ether oxygens (including phenoxy) is 1. The number of aryl methyl sites for hydroxylation is 1. The number of aromatic nitrogens is 1. The van der Waals surface area contributed by atoms with Crippen molar-refractivity contribution in [1.29, 1.82) is 0 Å². The van der Waals surface area contributed by atoms with Crippen LogP contribution in [-0.4, -0.2) is 30.8 Å². The summed E-state index contributed by atoms with van der Waals surface area (Å²) in [6, 6.07) is 8.74. The Morgan fingerprint density at radius 3 is 3.05 bits per heavy atom. The molecule has 0 bridgehead atoms. The Labute approximate surface area is 113 Å². The lowest BCUT2D eigenvalue weighted by Crippen LogP contribution is -2.42. The predicted octanol–water partition coefficient (Wildman–Crippen LogP) is 1.85. The first-order chi connectivity index (χ1) is 9.25. The molecule has 1 aliphatic heterocycles. The first kappa shape index (κ1) is 12.7. The van der Waals surface area contributed by atoms with Gasteiger partial charge in [0.2, 0.25) is 0 Å². The third kappa shape index (κ3) is 2.52. The van der Waals surface area contributed by atoms with Gasteiger partial charge in [-0.25, -0.2) is 0 Å². The molecule has 2 unspecified atom stereocenters. The zero-order valence-electron chi connectivity index (χ0n) is 11.3. The number of nitrogens with two attached hydrogens (primary N) is 1. The smallest absolute Gasteiger partial charge is 0.0620 e. The molecule has 0 amide bonds. The van der Waals surface area contributed by atoms with Crippen LogP contribution in [0.15, 0.2) is 24.3 Å². The number of benzene rings is 1. The van der Waals surface area contributed by atoms with Crippen LogP contribution < -0.4 is 11.1 Å². The molecule has 0 aliphatic carbocycles. The van der Waals surface area contributed by atoms with E-state index in [-0.39, 0.29) is 6.04 Å². The molecule has 1 aromatic carbocycles. The fourth-order valence-corrected chi connectivity index (χ4v) is 2.97. The summed E-state index contributed by atoms with van der Waals surface area (Å²) in [7, 11) is 0. The lowest BCUT2D eigenvalue weighted by molar-refractivity contribution is 0.0720. The van der Waals surface area contributed by atoms with Crippen LogP contribution in [0.5, 0.6) is 0 Å². The van der Waals surface area contributed by atoms with E-state index in [0.29, 0.717) is 6.04 Å². The Morgan fingerprint density at radius 1 is 1.42 bits per heavy atom. The Hall–Kier alpha value is -1.36. The number of nitrogens with one attached hydrogen (secondary N) is 2. The molecule has 4 nitrogen and oxygen atoms in total. The molecule has 0 spiro atoms. The Bertz CT molecular complexity index is 558. The van der Waals surface area contributed by atoms with Crippen LogP contribution in [0.4, 0.5) is 0 Å². The predicted molar refractivity (Wildman–Crippen MR) is 77.2 cm³/mol. The largest absolute Gasteiger partial charge is 0.379 e. The van der Waals surface area contributed by atoms with E-state index in [1.807, 2.05) is 6.07 Å². The standard InChI is InChI=1S/C15H21N3O/c1-10-15(12-4-2-3-5-14(12)18-10)13(16)8-11-9-19-7-6-17-11/h2-5,11,13,17-18H,6-9,16H2,1H3. The highest BCUT2D eigenvalue weighted by atomic mass is 16.5. The second kappa shape index (κ2) is 5.33. The van der Waals surface area contributed by atoms with Crippen molar-refractivity contribution in [1.82, 2.24) is 10.3 Å². The van der Waals surface area contributed by atoms with Gasteiger partial charge in [-0.1, -0.05) is 18.2 Å². The summed E-state index contributed by atoms with van der Waals surface area (Å²) in [6.07, 6.45) is 0.905. The summed E-state index contributed by atoms with van der Waals surface area (Å²) < 4.78 is 5.49. The first-order valence-electron chi connectivity index (χ1n) is 6.89. The Kier molecular flexibility index (Phi) is 3.55. The molecule has 3 rings (SSSR count). The lowest BCUT2D eigenvalue weighted by atomic mass is 9.97. The SMILES string of the molecule is Cc1[nH]c2ccccc2c1C(N)CC1COCCN1. The molecule has 102 valence electrons. The van der Waals surface area contributed by atoms with E-state index in [1.54, 1.807) is 0 Å². The van der Waals surface area contributed by atoms with Crippen LogP contribution in [-0.2, 0) is 4.74 Å². The molecule has 1 saturated heterocycles. The molecular weight excluding hydrogens is 238 g/mol. The van der Waals surface area contributed by atoms with Crippen molar-refractivity contribution in [2.24, 2.45) is 5.73 Å². The van der Waals surface area contributed by atoms with E-state index in [2.05, 4.69) is 35.4 Å². The number of H-pyrrole nitrogens is 1. The number of hydrogen-bond donors (Lipinski definition) is 3. The van der Waals surface area contributed by atoms with E-state index >= 15 is 0 Å². The third-order valence-electron chi connectivity index (χ3n) is 3.85. The van der Waals surface area contributed by atoms with Crippen molar-refractivity contribution >= 4 is 10.9 Å². The van der Waals surface area contributed by atoms with Crippen LogP contribution in [0.25, 0.3) is 10.9 Å². The monoisotopic (exact) mass is 259 g/mol. The van der Waals surface area contributed by atoms with Gasteiger partial charge in [-0.2, -0.15) is 0 Å². The van der Waals surface area contributed by atoms with E-state index in [1.165, 1.54) is 22.2 Å². The van der Waals surface area contributed by atoms with E-state index < -0.39 is 0 Å². The van der Waals surface area contributed by atoms with Gasteiger partial charge < -0.3 is 20.8 Å². The van der Waals surface area contributed by atoms with Crippen LogP contribution >= 0.6 is 0 Å². The summed E-state index contributed by atoms with van der Waals surface area (Å²) in [6.45, 7) is 4.58. The second-order valence-electron chi connectivity index (χ2n) is 5.28. The van der Waals surface area contributed by atoms with Gasteiger partial charge in [0.1, 0.15) is 0 Å². The number of fused-ring (bicyclic) bond motifs is 1. The number of aromatic amines is 1. The number of hydrogen-bond acceptors (Lipinski definition) is 3. The maximum absolute atomic E-state index is 6.42. The maximum atomic E-state index is 6.42. The molecule has 0 saturated carbocycles. The normalized spacial score (nSPS) is 21.7. The molecule has 2 heterocycles. The van der Waals surface area contributed by atoms with Crippen molar-refractivity contribution in [3.63, 3.8) is 0 Å². The van der Waals surface area contributed by atoms with Gasteiger partial charge in [0.25, 0.3) is 0 Å². The van der Waals surface area contributed by atoms with Gasteiger partial charge in [0, 0.05) is 35.2 Å². The van der Waals surface area contributed by atoms with Crippen molar-refractivity contribution in [2.45, 2.75) is 25.4 Å². The summed E-state index contributed by atoms with van der Waals surface area (Å²) in [5.41, 5.74) is 10.00. The molecule has 1 fully saturated rings. The molecule has 0 radical (unpaired) electrons. The van der Waals surface area contributed by atoms with Crippen LogP contribution in [0.2, 0.25) is 0 Å². The van der Waals surface area contributed by atoms with Crippen LogP contribution in [0, 0.1) is 6.92 Å². The zero-order valence-corrected chi connectivity index (χ0v) is 11.3. The first-order valence-corrected chi connectivity index (χ1v) is 6.89. The molecule has 2 atom stereocenters. The van der Waals surface area contributed by atoms with Crippen LogP contribution in [0.3, 0.4) is 0 Å². The average Bonchev–Trinajstić information content (AvgIpc) is 2.75. The minimum atomic E-state index is 0.0374. The topological polar surface area (TPSA) is 63.1 Å². The van der Waals surface area contributed by atoms with Gasteiger partial charge in [0.05, 0.1) is 13.2 Å². The fraction of sp³-hybridized carbons (Fsp3) is 0.467. The number of rotatable bonds is 3. The third-order valence-corrected chi connectivity index (χ3v) is 3.85. The number of morpholine rings is 1. The van der Waals surface area contributed by atoms with Gasteiger partial charge in [-0.15, -0.1) is 0 Å². The van der Waals surface area contributed by atoms with Crippen molar-refractivity contribution in [3.05, 3.63) is 35.5 Å². The highest BCUT2D eigenvalue weighted by Crippen LogP contribution is 2.29. The molecule has 4 N–H and O–H groups in total. The van der Waals surface area contributed by atoms with Gasteiger partial charge in [0.15, 0.2) is 0 Å². The van der Waals surface area contributed by atoms with E-state index in [4.69, 9.17) is 10.5 Å². The summed E-state index contributed by atoms with van der Waals surface area (Å²) >= 11 is 0. The summed E-state index contributed by atoms with van der Waals surface area (Å²) in [5.74, 6) is 0. The van der Waals surface area contributed by atoms with Crippen molar-refractivity contribution in [2.75, 3.05) is 19.8 Å². The van der Waals surface area contributed by atoms with Crippen molar-refractivity contribution < 1.29 is 4.74 Å².